The van der Waals surface area contributed by atoms with Crippen LogP contribution in [0.15, 0.2) is 152 Å². The number of benzene rings is 7. The second-order valence-corrected chi connectivity index (χ2v) is 13.9. The molecule has 0 saturated carbocycles. The van der Waals surface area contributed by atoms with E-state index in [1.165, 1.54) is 90.1 Å². The van der Waals surface area contributed by atoms with Crippen LogP contribution >= 0.6 is 22.7 Å². The Morgan fingerprint density at radius 1 is 0.311 bits per heavy atom. The van der Waals surface area contributed by atoms with Crippen LogP contribution in [-0.4, -0.2) is 4.57 Å². The van der Waals surface area contributed by atoms with Gasteiger partial charge in [-0.25, -0.2) is 0 Å². The Morgan fingerprint density at radius 2 is 0.867 bits per heavy atom. The summed E-state index contributed by atoms with van der Waals surface area (Å²) in [6.07, 6.45) is 0. The lowest BCUT2D eigenvalue weighted by atomic mass is 10.0. The van der Waals surface area contributed by atoms with Gasteiger partial charge >= 0.3 is 0 Å². The first kappa shape index (κ1) is 25.1. The Hall–Kier alpha value is -5.22. The fraction of sp³-hybridized carbons (Fsp3) is 0. The standard InChI is InChI=1S/C42H25NS2/c1-2-8-26(9-3-1)28-14-18-31-36-22-27(29-15-19-34-32-10-4-6-12-39(32)44-41(34)24-29)16-21-37(36)43(38(31)23-28)30-17-20-35-33-11-5-7-13-40(33)45-42(35)25-30/h1-25H. The van der Waals surface area contributed by atoms with Crippen molar-refractivity contribution in [1.82, 2.24) is 4.57 Å². The minimum atomic E-state index is 1.19. The van der Waals surface area contributed by atoms with Gasteiger partial charge in [-0.1, -0.05) is 103 Å². The monoisotopic (exact) mass is 607 g/mol. The molecule has 0 aliphatic heterocycles. The van der Waals surface area contributed by atoms with Crippen molar-refractivity contribution in [3.8, 4) is 27.9 Å². The van der Waals surface area contributed by atoms with E-state index in [2.05, 4.69) is 156 Å². The van der Waals surface area contributed by atoms with Gasteiger partial charge in [0.15, 0.2) is 0 Å². The predicted octanol–water partition coefficient (Wildman–Crippen LogP) is 12.9. The lowest BCUT2D eigenvalue weighted by molar-refractivity contribution is 1.19. The van der Waals surface area contributed by atoms with E-state index in [0.717, 1.165) is 0 Å². The molecule has 1 nitrogen and oxygen atoms in total. The van der Waals surface area contributed by atoms with Gasteiger partial charge in [0.1, 0.15) is 0 Å². The molecule has 10 aromatic rings. The van der Waals surface area contributed by atoms with E-state index in [4.69, 9.17) is 0 Å². The van der Waals surface area contributed by atoms with Crippen LogP contribution in [-0.2, 0) is 0 Å². The SMILES string of the molecule is c1ccc(-c2ccc3c4cc(-c5ccc6c(c5)sc5ccccc56)ccc4n(-c4ccc5c(c4)sc4ccccc45)c3c2)cc1. The summed E-state index contributed by atoms with van der Waals surface area (Å²) in [4.78, 5) is 0. The van der Waals surface area contributed by atoms with E-state index in [0.29, 0.717) is 0 Å². The molecule has 0 radical (unpaired) electrons. The summed E-state index contributed by atoms with van der Waals surface area (Å²) in [5.74, 6) is 0. The molecule has 3 aromatic heterocycles. The van der Waals surface area contributed by atoms with Gasteiger partial charge in [-0.05, 0) is 70.8 Å². The van der Waals surface area contributed by atoms with E-state index in [9.17, 15) is 0 Å². The van der Waals surface area contributed by atoms with E-state index in [-0.39, 0.29) is 0 Å². The van der Waals surface area contributed by atoms with E-state index >= 15 is 0 Å². The molecular formula is C42H25NS2. The smallest absolute Gasteiger partial charge is 0.0547 e. The normalized spacial score (nSPS) is 12.0. The van der Waals surface area contributed by atoms with Crippen LogP contribution < -0.4 is 0 Å². The molecule has 0 fully saturated rings. The Bertz CT molecular complexity index is 2760. The van der Waals surface area contributed by atoms with Crippen LogP contribution in [0, 0.1) is 0 Å². The molecule has 45 heavy (non-hydrogen) atoms. The summed E-state index contributed by atoms with van der Waals surface area (Å²) in [5, 5.41) is 7.87. The average molecular weight is 608 g/mol. The third-order valence-electron chi connectivity index (χ3n) is 9.21. The maximum absolute atomic E-state index is 2.46. The zero-order valence-electron chi connectivity index (χ0n) is 24.2. The highest BCUT2D eigenvalue weighted by atomic mass is 32.1. The van der Waals surface area contributed by atoms with Crippen LogP contribution in [0.25, 0.3) is 90.1 Å². The Morgan fingerprint density at radius 3 is 1.62 bits per heavy atom. The van der Waals surface area contributed by atoms with Gasteiger partial charge in [-0.15, -0.1) is 22.7 Å². The van der Waals surface area contributed by atoms with Crippen LogP contribution in [0.4, 0.5) is 0 Å². The van der Waals surface area contributed by atoms with Crippen LogP contribution in [0.3, 0.4) is 0 Å². The molecule has 0 N–H and O–H groups in total. The van der Waals surface area contributed by atoms with Crippen LogP contribution in [0.1, 0.15) is 0 Å². The van der Waals surface area contributed by atoms with Gasteiger partial charge in [0, 0.05) is 56.8 Å². The lowest BCUT2D eigenvalue weighted by Crippen LogP contribution is -1.93. The van der Waals surface area contributed by atoms with Gasteiger partial charge in [-0.2, -0.15) is 0 Å². The molecule has 0 aliphatic rings. The van der Waals surface area contributed by atoms with Crippen molar-refractivity contribution in [2.75, 3.05) is 0 Å². The molecule has 0 amide bonds. The van der Waals surface area contributed by atoms with Crippen molar-refractivity contribution in [2.24, 2.45) is 0 Å². The molecule has 3 heterocycles. The molecule has 0 saturated heterocycles. The minimum Gasteiger partial charge on any atom is -0.309 e. The molecule has 0 aliphatic carbocycles. The third kappa shape index (κ3) is 3.85. The summed E-state index contributed by atoms with van der Waals surface area (Å²) in [6.45, 7) is 0. The second kappa shape index (κ2) is 9.64. The van der Waals surface area contributed by atoms with Crippen molar-refractivity contribution >= 4 is 84.8 Å². The van der Waals surface area contributed by atoms with Gasteiger partial charge in [0.05, 0.1) is 11.0 Å². The summed E-state index contributed by atoms with van der Waals surface area (Å²) >= 11 is 3.75. The lowest BCUT2D eigenvalue weighted by Gasteiger charge is -2.10. The van der Waals surface area contributed by atoms with Crippen molar-refractivity contribution in [3.05, 3.63) is 152 Å². The zero-order chi connectivity index (χ0) is 29.5. The van der Waals surface area contributed by atoms with E-state index in [1.807, 2.05) is 22.7 Å². The number of nitrogens with zero attached hydrogens (tertiary/aromatic N) is 1. The number of hydrogen-bond acceptors (Lipinski definition) is 2. The zero-order valence-corrected chi connectivity index (χ0v) is 25.8. The maximum Gasteiger partial charge on any atom is 0.0547 e. The van der Waals surface area contributed by atoms with Crippen LogP contribution in [0.5, 0.6) is 0 Å². The molecule has 7 aromatic carbocycles. The second-order valence-electron chi connectivity index (χ2n) is 11.8. The average Bonchev–Trinajstić information content (AvgIpc) is 3.76. The fourth-order valence-corrected chi connectivity index (χ4v) is 9.33. The summed E-state index contributed by atoms with van der Waals surface area (Å²) < 4.78 is 7.78. The first-order valence-corrected chi connectivity index (χ1v) is 16.9. The topological polar surface area (TPSA) is 4.93 Å². The van der Waals surface area contributed by atoms with Crippen molar-refractivity contribution in [3.63, 3.8) is 0 Å². The number of aromatic nitrogens is 1. The van der Waals surface area contributed by atoms with Gasteiger partial charge in [-0.3, -0.25) is 0 Å². The maximum atomic E-state index is 2.46. The molecule has 0 spiro atoms. The number of fused-ring (bicyclic) bond motifs is 9. The van der Waals surface area contributed by atoms with E-state index < -0.39 is 0 Å². The molecule has 3 heteroatoms. The molecule has 0 bridgehead atoms. The highest BCUT2D eigenvalue weighted by molar-refractivity contribution is 7.26. The molecule has 0 atom stereocenters. The fourth-order valence-electron chi connectivity index (χ4n) is 7.05. The summed E-state index contributed by atoms with van der Waals surface area (Å²) in [5.41, 5.74) is 8.60. The number of hydrogen-bond donors (Lipinski definition) is 0. The quantitative estimate of drug-likeness (QED) is 0.188. The number of thiophene rings is 2. The van der Waals surface area contributed by atoms with Gasteiger partial charge < -0.3 is 4.57 Å². The predicted molar refractivity (Wildman–Crippen MR) is 197 cm³/mol. The van der Waals surface area contributed by atoms with Crippen molar-refractivity contribution in [1.29, 1.82) is 0 Å². The van der Waals surface area contributed by atoms with Crippen molar-refractivity contribution < 1.29 is 0 Å². The number of rotatable bonds is 3. The Labute approximate surface area is 267 Å². The first-order valence-electron chi connectivity index (χ1n) is 15.3. The van der Waals surface area contributed by atoms with Gasteiger partial charge in [0.25, 0.3) is 0 Å². The Balaban J connectivity index is 1.21. The Kier molecular flexibility index (Phi) is 5.39. The highest BCUT2D eigenvalue weighted by Crippen LogP contribution is 2.41. The minimum absolute atomic E-state index is 1.19. The molecule has 210 valence electrons. The van der Waals surface area contributed by atoms with E-state index in [1.54, 1.807) is 0 Å². The molecule has 0 unspecified atom stereocenters. The first-order chi connectivity index (χ1) is 22.3. The summed E-state index contributed by atoms with van der Waals surface area (Å²) in [7, 11) is 0. The largest absolute Gasteiger partial charge is 0.309 e. The molecular weight excluding hydrogens is 583 g/mol. The van der Waals surface area contributed by atoms with Crippen molar-refractivity contribution in [2.45, 2.75) is 0 Å². The molecule has 10 rings (SSSR count). The third-order valence-corrected chi connectivity index (χ3v) is 11.5. The highest BCUT2D eigenvalue weighted by Gasteiger charge is 2.16. The van der Waals surface area contributed by atoms with Crippen LogP contribution in [0.2, 0.25) is 0 Å². The van der Waals surface area contributed by atoms with Gasteiger partial charge in [0.2, 0.25) is 0 Å². The summed E-state index contributed by atoms with van der Waals surface area (Å²) in [6, 6.07) is 56.0.